The normalized spacial score (nSPS) is 12.2. The second-order valence-corrected chi connectivity index (χ2v) is 4.37. The van der Waals surface area contributed by atoms with Crippen LogP contribution in [-0.2, 0) is 20.7 Å². The molecule has 1 unspecified atom stereocenters. The highest BCUT2D eigenvalue weighted by molar-refractivity contribution is 6.00. The summed E-state index contributed by atoms with van der Waals surface area (Å²) >= 11 is 0. The summed E-state index contributed by atoms with van der Waals surface area (Å²) in [5.41, 5.74) is 0.923. The molecule has 1 rings (SSSR count). The summed E-state index contributed by atoms with van der Waals surface area (Å²) in [6.07, 6.45) is 0.277. The molecule has 0 bridgehead atoms. The largest absolute Gasteiger partial charge is 0.468 e. The van der Waals surface area contributed by atoms with Gasteiger partial charge in [-0.2, -0.15) is 0 Å². The Morgan fingerprint density at radius 2 is 1.76 bits per heavy atom. The third-order valence-electron chi connectivity index (χ3n) is 2.69. The summed E-state index contributed by atoms with van der Waals surface area (Å²) in [5, 5.41) is 0. The molecule has 0 fully saturated rings. The third kappa shape index (κ3) is 3.70. The van der Waals surface area contributed by atoms with Crippen molar-refractivity contribution in [3.05, 3.63) is 35.9 Å². The van der Waals surface area contributed by atoms with Crippen LogP contribution < -0.4 is 0 Å². The van der Waals surface area contributed by atoms with Crippen molar-refractivity contribution in [2.45, 2.75) is 20.3 Å². The molecule has 0 aliphatic heterocycles. The number of hydrogen-bond acceptors (Lipinski definition) is 3. The zero-order chi connectivity index (χ0) is 12.8. The molecule has 0 aliphatic rings. The van der Waals surface area contributed by atoms with Crippen molar-refractivity contribution in [1.82, 2.24) is 0 Å². The quantitative estimate of drug-likeness (QED) is 0.579. The number of esters is 1. The Bertz CT molecular complexity index is 382. The standard InChI is InChI=1S/C14H18O3/c1-10(2)13(14(16)17-3)12(15)9-11-7-5-4-6-8-11/h4-8,10,13H,9H2,1-3H3. The van der Waals surface area contributed by atoms with Crippen molar-refractivity contribution < 1.29 is 14.3 Å². The smallest absolute Gasteiger partial charge is 0.316 e. The van der Waals surface area contributed by atoms with Gasteiger partial charge in [-0.05, 0) is 11.5 Å². The van der Waals surface area contributed by atoms with Crippen molar-refractivity contribution in [1.29, 1.82) is 0 Å². The molecule has 0 saturated heterocycles. The average molecular weight is 234 g/mol. The minimum absolute atomic E-state index is 0.0429. The van der Waals surface area contributed by atoms with Crippen LogP contribution in [0.25, 0.3) is 0 Å². The van der Waals surface area contributed by atoms with Gasteiger partial charge in [-0.25, -0.2) is 0 Å². The first kappa shape index (κ1) is 13.4. The highest BCUT2D eigenvalue weighted by atomic mass is 16.5. The predicted octanol–water partition coefficient (Wildman–Crippen LogP) is 2.24. The monoisotopic (exact) mass is 234 g/mol. The van der Waals surface area contributed by atoms with Crippen molar-refractivity contribution in [3.63, 3.8) is 0 Å². The lowest BCUT2D eigenvalue weighted by atomic mass is 9.88. The molecule has 0 amide bonds. The van der Waals surface area contributed by atoms with Crippen LogP contribution in [0.2, 0.25) is 0 Å². The number of Topliss-reactive ketones (excluding diaryl/α,β-unsaturated/α-hetero) is 1. The zero-order valence-electron chi connectivity index (χ0n) is 10.5. The lowest BCUT2D eigenvalue weighted by molar-refractivity contribution is -0.151. The van der Waals surface area contributed by atoms with Crippen molar-refractivity contribution in [3.8, 4) is 0 Å². The van der Waals surface area contributed by atoms with Gasteiger partial charge in [0.15, 0.2) is 5.78 Å². The highest BCUT2D eigenvalue weighted by Crippen LogP contribution is 2.16. The molecule has 1 atom stereocenters. The molecule has 0 heterocycles. The molecule has 0 aromatic heterocycles. The summed E-state index contributed by atoms with van der Waals surface area (Å²) in [4.78, 5) is 23.6. The lowest BCUT2D eigenvalue weighted by Crippen LogP contribution is -2.31. The van der Waals surface area contributed by atoms with Gasteiger partial charge in [0.1, 0.15) is 5.92 Å². The number of hydrogen-bond donors (Lipinski definition) is 0. The van der Waals surface area contributed by atoms with E-state index in [9.17, 15) is 9.59 Å². The SMILES string of the molecule is COC(=O)C(C(=O)Cc1ccccc1)C(C)C. The molecule has 0 aliphatic carbocycles. The van der Waals surface area contributed by atoms with Crippen LogP contribution in [-0.4, -0.2) is 18.9 Å². The van der Waals surface area contributed by atoms with E-state index in [1.807, 2.05) is 44.2 Å². The summed E-state index contributed by atoms with van der Waals surface area (Å²) in [7, 11) is 1.31. The Balaban J connectivity index is 2.76. The van der Waals surface area contributed by atoms with Gasteiger partial charge in [0.05, 0.1) is 7.11 Å². The first-order valence-corrected chi connectivity index (χ1v) is 5.70. The maximum Gasteiger partial charge on any atom is 0.316 e. The maximum absolute atomic E-state index is 12.1. The number of carbonyl (C=O) groups is 2. The Hall–Kier alpha value is -1.64. The molecule has 0 spiro atoms. The fraction of sp³-hybridized carbons (Fsp3) is 0.429. The first-order valence-electron chi connectivity index (χ1n) is 5.70. The van der Waals surface area contributed by atoms with Gasteiger partial charge in [0.25, 0.3) is 0 Å². The topological polar surface area (TPSA) is 43.4 Å². The van der Waals surface area contributed by atoms with E-state index in [1.165, 1.54) is 7.11 Å². The lowest BCUT2D eigenvalue weighted by Gasteiger charge is -2.16. The zero-order valence-corrected chi connectivity index (χ0v) is 10.5. The molecule has 3 nitrogen and oxygen atoms in total. The van der Waals surface area contributed by atoms with E-state index in [0.717, 1.165) is 5.56 Å². The minimum atomic E-state index is -0.666. The molecule has 1 aromatic rings. The van der Waals surface area contributed by atoms with Gasteiger partial charge in [0.2, 0.25) is 0 Å². The number of ether oxygens (including phenoxy) is 1. The van der Waals surface area contributed by atoms with E-state index >= 15 is 0 Å². The molecular weight excluding hydrogens is 216 g/mol. The minimum Gasteiger partial charge on any atom is -0.468 e. The molecule has 1 aromatic carbocycles. The number of benzene rings is 1. The van der Waals surface area contributed by atoms with E-state index in [0.29, 0.717) is 0 Å². The van der Waals surface area contributed by atoms with E-state index in [2.05, 4.69) is 4.74 Å². The van der Waals surface area contributed by atoms with Crippen LogP contribution >= 0.6 is 0 Å². The summed E-state index contributed by atoms with van der Waals surface area (Å²) in [6, 6.07) is 9.42. The second-order valence-electron chi connectivity index (χ2n) is 4.37. The fourth-order valence-corrected chi connectivity index (χ4v) is 1.81. The maximum atomic E-state index is 12.1. The van der Waals surface area contributed by atoms with Crippen LogP contribution in [0.3, 0.4) is 0 Å². The van der Waals surface area contributed by atoms with Gasteiger partial charge < -0.3 is 4.74 Å². The second kappa shape index (κ2) is 6.18. The van der Waals surface area contributed by atoms with Crippen molar-refractivity contribution >= 4 is 11.8 Å². The number of ketones is 1. The molecule has 0 radical (unpaired) electrons. The van der Waals surface area contributed by atoms with Gasteiger partial charge in [0, 0.05) is 6.42 Å². The highest BCUT2D eigenvalue weighted by Gasteiger charge is 2.30. The van der Waals surface area contributed by atoms with Crippen LogP contribution in [0.4, 0.5) is 0 Å². The molecule has 3 heteroatoms. The number of rotatable bonds is 5. The van der Waals surface area contributed by atoms with E-state index in [4.69, 9.17) is 0 Å². The number of carbonyl (C=O) groups excluding carboxylic acids is 2. The van der Waals surface area contributed by atoms with Gasteiger partial charge in [-0.15, -0.1) is 0 Å². The van der Waals surface area contributed by atoms with Crippen LogP contribution in [0.1, 0.15) is 19.4 Å². The molecule has 17 heavy (non-hydrogen) atoms. The molecular formula is C14H18O3. The van der Waals surface area contributed by atoms with Crippen molar-refractivity contribution in [2.75, 3.05) is 7.11 Å². The van der Waals surface area contributed by atoms with E-state index in [1.54, 1.807) is 0 Å². The van der Waals surface area contributed by atoms with Crippen LogP contribution in [0, 0.1) is 11.8 Å². The van der Waals surface area contributed by atoms with E-state index in [-0.39, 0.29) is 18.1 Å². The van der Waals surface area contributed by atoms with Gasteiger partial charge >= 0.3 is 5.97 Å². The van der Waals surface area contributed by atoms with Gasteiger partial charge in [-0.1, -0.05) is 44.2 Å². The number of methoxy groups -OCH3 is 1. The average Bonchev–Trinajstić information content (AvgIpc) is 2.29. The van der Waals surface area contributed by atoms with Gasteiger partial charge in [-0.3, -0.25) is 9.59 Å². The molecule has 92 valence electrons. The first-order chi connectivity index (χ1) is 8.06. The predicted molar refractivity (Wildman–Crippen MR) is 65.5 cm³/mol. The van der Waals surface area contributed by atoms with Crippen molar-refractivity contribution in [2.24, 2.45) is 11.8 Å². The molecule has 0 N–H and O–H groups in total. The van der Waals surface area contributed by atoms with Crippen LogP contribution in [0.15, 0.2) is 30.3 Å². The Morgan fingerprint density at radius 1 is 1.18 bits per heavy atom. The Morgan fingerprint density at radius 3 is 2.24 bits per heavy atom. The van der Waals surface area contributed by atoms with Crippen LogP contribution in [0.5, 0.6) is 0 Å². The Kier molecular flexibility index (Phi) is 4.88. The summed E-state index contributed by atoms with van der Waals surface area (Å²) in [6.45, 7) is 3.70. The Labute approximate surface area is 102 Å². The summed E-state index contributed by atoms with van der Waals surface area (Å²) in [5.74, 6) is -1.24. The fourth-order valence-electron chi connectivity index (χ4n) is 1.81. The van der Waals surface area contributed by atoms with E-state index < -0.39 is 11.9 Å². The molecule has 0 saturated carbocycles. The summed E-state index contributed by atoms with van der Waals surface area (Å²) < 4.78 is 4.67. The third-order valence-corrected chi connectivity index (χ3v) is 2.69.